The molecule has 0 aliphatic carbocycles. The van der Waals surface area contributed by atoms with Crippen molar-refractivity contribution >= 4 is 0 Å². The standard InChI is InChI=1S/C11H16FN3O3/c12-9-6-15(11(17)14-10(9)16)3-2-13-5-8-1-4-18-7-8/h6,8,13H,1-5,7H2,(H,14,16,17). The van der Waals surface area contributed by atoms with Crippen LogP contribution in [0.4, 0.5) is 4.39 Å². The van der Waals surface area contributed by atoms with Gasteiger partial charge in [0.05, 0.1) is 12.8 Å². The summed E-state index contributed by atoms with van der Waals surface area (Å²) in [6, 6.07) is 0. The van der Waals surface area contributed by atoms with Crippen LogP contribution in [0.3, 0.4) is 0 Å². The molecule has 1 aliphatic heterocycles. The van der Waals surface area contributed by atoms with E-state index in [0.29, 0.717) is 19.0 Å². The fourth-order valence-electron chi connectivity index (χ4n) is 1.90. The van der Waals surface area contributed by atoms with E-state index >= 15 is 0 Å². The van der Waals surface area contributed by atoms with E-state index in [9.17, 15) is 14.0 Å². The highest BCUT2D eigenvalue weighted by molar-refractivity contribution is 4.87. The molecule has 1 fully saturated rings. The Morgan fingerprint density at radius 2 is 2.39 bits per heavy atom. The Morgan fingerprint density at radius 3 is 3.11 bits per heavy atom. The fourth-order valence-corrected chi connectivity index (χ4v) is 1.90. The average molecular weight is 257 g/mol. The molecule has 6 nitrogen and oxygen atoms in total. The Labute approximate surface area is 103 Å². The summed E-state index contributed by atoms with van der Waals surface area (Å²) in [5, 5.41) is 3.18. The molecule has 0 saturated carbocycles. The Balaban J connectivity index is 1.81. The van der Waals surface area contributed by atoms with Crippen molar-refractivity contribution in [2.75, 3.05) is 26.3 Å². The Bertz CT molecular complexity index is 505. The molecule has 100 valence electrons. The summed E-state index contributed by atoms with van der Waals surface area (Å²) < 4.78 is 19.4. The van der Waals surface area contributed by atoms with Crippen LogP contribution in [-0.2, 0) is 11.3 Å². The van der Waals surface area contributed by atoms with Crippen molar-refractivity contribution in [3.05, 3.63) is 32.9 Å². The third-order valence-corrected chi connectivity index (χ3v) is 2.95. The Hall–Kier alpha value is -1.47. The number of hydrogen-bond acceptors (Lipinski definition) is 4. The van der Waals surface area contributed by atoms with Gasteiger partial charge in [-0.15, -0.1) is 0 Å². The predicted octanol–water partition coefficient (Wildman–Crippen LogP) is -0.698. The van der Waals surface area contributed by atoms with Crippen LogP contribution in [0, 0.1) is 11.7 Å². The minimum absolute atomic E-state index is 0.320. The maximum absolute atomic E-state index is 13.0. The molecule has 1 aromatic heterocycles. The summed E-state index contributed by atoms with van der Waals surface area (Å²) in [5.41, 5.74) is -1.57. The van der Waals surface area contributed by atoms with Gasteiger partial charge in [0.2, 0.25) is 5.82 Å². The smallest absolute Gasteiger partial charge is 0.328 e. The van der Waals surface area contributed by atoms with Crippen molar-refractivity contribution in [2.24, 2.45) is 5.92 Å². The van der Waals surface area contributed by atoms with Gasteiger partial charge in [0.25, 0.3) is 5.56 Å². The number of ether oxygens (including phenoxy) is 1. The SMILES string of the molecule is O=c1[nH]c(=O)n(CCNCC2CCOC2)cc1F. The first-order chi connectivity index (χ1) is 8.66. The molecule has 1 saturated heterocycles. The number of aromatic amines is 1. The third-order valence-electron chi connectivity index (χ3n) is 2.95. The van der Waals surface area contributed by atoms with Gasteiger partial charge in [-0.1, -0.05) is 0 Å². The van der Waals surface area contributed by atoms with E-state index in [2.05, 4.69) is 5.32 Å². The predicted molar refractivity (Wildman–Crippen MR) is 63.1 cm³/mol. The van der Waals surface area contributed by atoms with E-state index in [1.807, 2.05) is 4.98 Å². The molecule has 0 amide bonds. The van der Waals surface area contributed by atoms with Crippen LogP contribution in [0.25, 0.3) is 0 Å². The summed E-state index contributed by atoms with van der Waals surface area (Å²) in [6.07, 6.45) is 1.97. The van der Waals surface area contributed by atoms with Gasteiger partial charge in [0.1, 0.15) is 0 Å². The third kappa shape index (κ3) is 3.27. The Kier molecular flexibility index (Phi) is 4.27. The highest BCUT2D eigenvalue weighted by Crippen LogP contribution is 2.10. The monoisotopic (exact) mass is 257 g/mol. The highest BCUT2D eigenvalue weighted by Gasteiger charge is 2.14. The van der Waals surface area contributed by atoms with E-state index in [0.717, 1.165) is 36.9 Å². The van der Waals surface area contributed by atoms with Crippen molar-refractivity contribution in [3.63, 3.8) is 0 Å². The maximum Gasteiger partial charge on any atom is 0.328 e. The van der Waals surface area contributed by atoms with Gasteiger partial charge in [0.15, 0.2) is 0 Å². The molecule has 2 rings (SSSR count). The van der Waals surface area contributed by atoms with E-state index in [1.165, 1.54) is 0 Å². The first-order valence-corrected chi connectivity index (χ1v) is 5.94. The molecule has 0 bridgehead atoms. The number of rotatable bonds is 5. The summed E-state index contributed by atoms with van der Waals surface area (Å²) in [4.78, 5) is 24.1. The van der Waals surface area contributed by atoms with Gasteiger partial charge in [-0.2, -0.15) is 4.39 Å². The van der Waals surface area contributed by atoms with Crippen molar-refractivity contribution in [3.8, 4) is 0 Å². The molecule has 0 spiro atoms. The van der Waals surface area contributed by atoms with Crippen molar-refractivity contribution in [1.29, 1.82) is 0 Å². The van der Waals surface area contributed by atoms with Gasteiger partial charge < -0.3 is 10.1 Å². The van der Waals surface area contributed by atoms with E-state index < -0.39 is 17.1 Å². The minimum Gasteiger partial charge on any atom is -0.381 e. The fraction of sp³-hybridized carbons (Fsp3) is 0.636. The first kappa shape index (κ1) is 13.0. The number of nitrogens with one attached hydrogen (secondary N) is 2. The molecule has 1 aromatic rings. The molecule has 1 aliphatic rings. The summed E-state index contributed by atoms with van der Waals surface area (Å²) in [6.45, 7) is 3.25. The molecular weight excluding hydrogens is 241 g/mol. The van der Waals surface area contributed by atoms with Gasteiger partial charge in [-0.05, 0) is 12.3 Å². The lowest BCUT2D eigenvalue weighted by Gasteiger charge is -2.10. The second-order valence-corrected chi connectivity index (χ2v) is 4.36. The molecular formula is C11H16FN3O3. The summed E-state index contributed by atoms with van der Waals surface area (Å²) >= 11 is 0. The van der Waals surface area contributed by atoms with Crippen molar-refractivity contribution in [2.45, 2.75) is 13.0 Å². The van der Waals surface area contributed by atoms with Crippen LogP contribution in [0.15, 0.2) is 15.8 Å². The molecule has 2 N–H and O–H groups in total. The molecule has 2 heterocycles. The zero-order valence-electron chi connectivity index (χ0n) is 9.95. The van der Waals surface area contributed by atoms with Gasteiger partial charge >= 0.3 is 5.69 Å². The lowest BCUT2D eigenvalue weighted by Crippen LogP contribution is -2.35. The molecule has 1 unspecified atom stereocenters. The van der Waals surface area contributed by atoms with Crippen molar-refractivity contribution < 1.29 is 9.13 Å². The number of H-pyrrole nitrogens is 1. The van der Waals surface area contributed by atoms with E-state index in [-0.39, 0.29) is 0 Å². The minimum atomic E-state index is -0.979. The highest BCUT2D eigenvalue weighted by atomic mass is 19.1. The molecule has 0 radical (unpaired) electrons. The zero-order valence-corrected chi connectivity index (χ0v) is 9.95. The maximum atomic E-state index is 13.0. The lowest BCUT2D eigenvalue weighted by atomic mass is 10.1. The van der Waals surface area contributed by atoms with Crippen LogP contribution < -0.4 is 16.6 Å². The molecule has 18 heavy (non-hydrogen) atoms. The average Bonchev–Trinajstić information content (AvgIpc) is 2.84. The number of aromatic nitrogens is 2. The number of halogens is 1. The van der Waals surface area contributed by atoms with Crippen LogP contribution in [0.1, 0.15) is 6.42 Å². The largest absolute Gasteiger partial charge is 0.381 e. The second kappa shape index (κ2) is 5.92. The molecule has 0 aromatic carbocycles. The zero-order chi connectivity index (χ0) is 13.0. The van der Waals surface area contributed by atoms with Gasteiger partial charge in [-0.25, -0.2) is 4.79 Å². The Morgan fingerprint density at radius 1 is 1.56 bits per heavy atom. The van der Waals surface area contributed by atoms with Crippen LogP contribution in [0.5, 0.6) is 0 Å². The van der Waals surface area contributed by atoms with Crippen LogP contribution in [-0.4, -0.2) is 35.9 Å². The topological polar surface area (TPSA) is 76.1 Å². The summed E-state index contributed by atoms with van der Waals surface area (Å²) in [7, 11) is 0. The lowest BCUT2D eigenvalue weighted by molar-refractivity contribution is 0.185. The quantitative estimate of drug-likeness (QED) is 0.684. The number of nitrogens with zero attached hydrogens (tertiary/aromatic N) is 1. The van der Waals surface area contributed by atoms with Crippen LogP contribution in [0.2, 0.25) is 0 Å². The first-order valence-electron chi connectivity index (χ1n) is 5.94. The second-order valence-electron chi connectivity index (χ2n) is 4.36. The molecule has 7 heteroatoms. The van der Waals surface area contributed by atoms with Crippen molar-refractivity contribution in [1.82, 2.24) is 14.9 Å². The summed E-state index contributed by atoms with van der Waals surface area (Å²) in [5.74, 6) is -0.437. The van der Waals surface area contributed by atoms with E-state index in [4.69, 9.17) is 4.74 Å². The normalized spacial score (nSPS) is 19.3. The van der Waals surface area contributed by atoms with Crippen LogP contribution >= 0.6 is 0 Å². The van der Waals surface area contributed by atoms with Gasteiger partial charge in [-0.3, -0.25) is 14.3 Å². The number of hydrogen-bond donors (Lipinski definition) is 2. The van der Waals surface area contributed by atoms with E-state index in [1.54, 1.807) is 0 Å². The molecule has 1 atom stereocenters. The van der Waals surface area contributed by atoms with Gasteiger partial charge in [0, 0.05) is 26.2 Å².